The number of sulfonamides is 1. The van der Waals surface area contributed by atoms with Gasteiger partial charge < -0.3 is 18.6 Å². The topological polar surface area (TPSA) is 113 Å². The first-order valence-electron chi connectivity index (χ1n) is 10.5. The normalized spacial score (nSPS) is 21.8. The highest BCUT2D eigenvalue weighted by Gasteiger charge is 2.38. The minimum Gasteiger partial charge on any atom is -0.381 e. The molecule has 0 radical (unpaired) electrons. The summed E-state index contributed by atoms with van der Waals surface area (Å²) in [5.41, 5.74) is 0. The van der Waals surface area contributed by atoms with Crippen LogP contribution in [0, 0.1) is 5.92 Å². The molecule has 10 nitrogen and oxygen atoms in total. The zero-order valence-electron chi connectivity index (χ0n) is 17.3. The highest BCUT2D eigenvalue weighted by Crippen LogP contribution is 2.34. The van der Waals surface area contributed by atoms with Crippen molar-refractivity contribution in [2.45, 2.75) is 49.6 Å². The van der Waals surface area contributed by atoms with Gasteiger partial charge in [0.2, 0.25) is 5.89 Å². The van der Waals surface area contributed by atoms with Crippen LogP contribution in [0.15, 0.2) is 22.1 Å². The Morgan fingerprint density at radius 1 is 1.23 bits per heavy atom. The summed E-state index contributed by atoms with van der Waals surface area (Å²) in [6.07, 6.45) is 7.95. The van der Waals surface area contributed by atoms with Crippen molar-refractivity contribution >= 4 is 10.0 Å². The van der Waals surface area contributed by atoms with Crippen molar-refractivity contribution in [1.29, 1.82) is 0 Å². The lowest BCUT2D eigenvalue weighted by Gasteiger charge is -2.31. The van der Waals surface area contributed by atoms with E-state index in [9.17, 15) is 8.42 Å². The molecular weight excluding hydrogens is 410 g/mol. The van der Waals surface area contributed by atoms with Gasteiger partial charge in [-0.1, -0.05) is 11.6 Å². The first kappa shape index (κ1) is 21.4. The van der Waals surface area contributed by atoms with E-state index in [1.54, 1.807) is 11.6 Å². The largest absolute Gasteiger partial charge is 0.381 e. The highest BCUT2D eigenvalue weighted by atomic mass is 32.2. The molecule has 0 spiro atoms. The van der Waals surface area contributed by atoms with Crippen LogP contribution in [0.25, 0.3) is 0 Å². The van der Waals surface area contributed by atoms with Crippen LogP contribution in [0.4, 0.5) is 0 Å². The van der Waals surface area contributed by atoms with Crippen molar-refractivity contribution in [2.24, 2.45) is 13.0 Å². The Hall–Kier alpha value is -1.82. The van der Waals surface area contributed by atoms with Gasteiger partial charge in [0.15, 0.2) is 10.9 Å². The van der Waals surface area contributed by atoms with Crippen molar-refractivity contribution in [1.82, 2.24) is 24.0 Å². The van der Waals surface area contributed by atoms with E-state index in [1.807, 2.05) is 0 Å². The maximum absolute atomic E-state index is 13.1. The quantitative estimate of drug-likeness (QED) is 0.571. The van der Waals surface area contributed by atoms with E-state index in [0.717, 1.165) is 38.9 Å². The van der Waals surface area contributed by atoms with Gasteiger partial charge >= 0.3 is 0 Å². The lowest BCUT2D eigenvalue weighted by molar-refractivity contribution is 0.0211. The molecule has 1 atom stereocenters. The monoisotopic (exact) mass is 439 g/mol. The van der Waals surface area contributed by atoms with Gasteiger partial charge in [0, 0.05) is 46.0 Å². The van der Waals surface area contributed by atoms with Gasteiger partial charge in [0.25, 0.3) is 10.0 Å². The van der Waals surface area contributed by atoms with Crippen molar-refractivity contribution in [2.75, 3.05) is 33.0 Å². The standard InChI is InChI=1S/C19H29N5O5S/c1-23-12-18(20-14-23)30(25,26)24-8-3-2-4-16(24)19-21-17(22-29-19)7-11-28-13-15-5-9-27-10-6-15/h12,14-16H,2-11,13H2,1H3. The van der Waals surface area contributed by atoms with Crippen LogP contribution >= 0.6 is 0 Å². The van der Waals surface area contributed by atoms with Gasteiger partial charge in [0.05, 0.1) is 12.9 Å². The molecule has 2 aromatic heterocycles. The molecule has 0 N–H and O–H groups in total. The van der Waals surface area contributed by atoms with Crippen LogP contribution in [0.5, 0.6) is 0 Å². The minimum atomic E-state index is -3.72. The number of rotatable bonds is 8. The average Bonchev–Trinajstić information content (AvgIpc) is 3.41. The van der Waals surface area contributed by atoms with Crippen molar-refractivity contribution in [3.05, 3.63) is 24.2 Å². The molecular formula is C19H29N5O5S. The molecule has 11 heteroatoms. The van der Waals surface area contributed by atoms with Crippen LogP contribution < -0.4 is 0 Å². The molecule has 4 rings (SSSR count). The molecule has 2 fully saturated rings. The SMILES string of the molecule is Cn1cnc(S(=O)(=O)N2CCCCC2c2nc(CCOCC3CCOCC3)no2)c1. The van der Waals surface area contributed by atoms with E-state index in [-0.39, 0.29) is 5.03 Å². The molecule has 0 bridgehead atoms. The fraction of sp³-hybridized carbons (Fsp3) is 0.737. The summed E-state index contributed by atoms with van der Waals surface area (Å²) in [6, 6.07) is -0.463. The number of aryl methyl sites for hydroxylation is 1. The first-order valence-corrected chi connectivity index (χ1v) is 12.0. The summed E-state index contributed by atoms with van der Waals surface area (Å²) < 4.78 is 45.8. The van der Waals surface area contributed by atoms with Crippen LogP contribution in [0.3, 0.4) is 0 Å². The Labute approximate surface area is 176 Å². The number of imidazole rings is 1. The molecule has 0 saturated carbocycles. The predicted octanol–water partition coefficient (Wildman–Crippen LogP) is 1.70. The van der Waals surface area contributed by atoms with Gasteiger partial charge in [-0.05, 0) is 31.6 Å². The summed E-state index contributed by atoms with van der Waals surface area (Å²) in [5.74, 6) is 1.43. The average molecular weight is 440 g/mol. The van der Waals surface area contributed by atoms with Gasteiger partial charge in [-0.2, -0.15) is 9.29 Å². The second-order valence-electron chi connectivity index (χ2n) is 7.93. The number of nitrogens with zero attached hydrogens (tertiary/aromatic N) is 5. The van der Waals surface area contributed by atoms with Crippen molar-refractivity contribution in [3.8, 4) is 0 Å². The first-order chi connectivity index (χ1) is 14.5. The lowest BCUT2D eigenvalue weighted by Crippen LogP contribution is -2.38. The Kier molecular flexibility index (Phi) is 6.81. The van der Waals surface area contributed by atoms with Gasteiger partial charge in [-0.25, -0.2) is 13.4 Å². The van der Waals surface area contributed by atoms with Gasteiger partial charge in [-0.3, -0.25) is 0 Å². The second-order valence-corrected chi connectivity index (χ2v) is 9.77. The molecule has 0 aliphatic carbocycles. The van der Waals surface area contributed by atoms with E-state index in [0.29, 0.717) is 50.2 Å². The molecule has 2 aliphatic heterocycles. The molecule has 30 heavy (non-hydrogen) atoms. The zero-order chi connectivity index (χ0) is 21.0. The van der Waals surface area contributed by atoms with Crippen LogP contribution in [0.2, 0.25) is 0 Å². The highest BCUT2D eigenvalue weighted by molar-refractivity contribution is 7.89. The smallest absolute Gasteiger partial charge is 0.262 e. The summed E-state index contributed by atoms with van der Waals surface area (Å²) in [4.78, 5) is 8.50. The van der Waals surface area contributed by atoms with E-state index < -0.39 is 16.1 Å². The molecule has 0 amide bonds. The lowest BCUT2D eigenvalue weighted by atomic mass is 10.0. The summed E-state index contributed by atoms with van der Waals surface area (Å²) in [7, 11) is -1.98. The Morgan fingerprint density at radius 3 is 2.83 bits per heavy atom. The molecule has 0 aromatic carbocycles. The van der Waals surface area contributed by atoms with Crippen LogP contribution in [-0.4, -0.2) is 65.4 Å². The minimum absolute atomic E-state index is 0.0400. The third-order valence-corrected chi connectivity index (χ3v) is 7.44. The zero-order valence-corrected chi connectivity index (χ0v) is 18.1. The van der Waals surface area contributed by atoms with Gasteiger partial charge in [-0.15, -0.1) is 0 Å². The van der Waals surface area contributed by atoms with E-state index >= 15 is 0 Å². The van der Waals surface area contributed by atoms with Gasteiger partial charge in [0.1, 0.15) is 6.04 Å². The number of ether oxygens (including phenoxy) is 2. The fourth-order valence-electron chi connectivity index (χ4n) is 3.91. The molecule has 166 valence electrons. The molecule has 2 aromatic rings. The second kappa shape index (κ2) is 9.54. The Bertz CT molecular complexity index is 921. The van der Waals surface area contributed by atoms with E-state index in [1.165, 1.54) is 16.8 Å². The number of hydrogen-bond donors (Lipinski definition) is 0. The Balaban J connectivity index is 1.37. The number of aromatic nitrogens is 4. The summed E-state index contributed by atoms with van der Waals surface area (Å²) in [6.45, 7) is 3.25. The third-order valence-electron chi connectivity index (χ3n) is 5.64. The predicted molar refractivity (Wildman–Crippen MR) is 106 cm³/mol. The maximum Gasteiger partial charge on any atom is 0.262 e. The maximum atomic E-state index is 13.1. The molecule has 2 aliphatic rings. The number of hydrogen-bond acceptors (Lipinski definition) is 8. The van der Waals surface area contributed by atoms with Crippen molar-refractivity contribution in [3.63, 3.8) is 0 Å². The van der Waals surface area contributed by atoms with Crippen molar-refractivity contribution < 1.29 is 22.4 Å². The molecule has 1 unspecified atom stereocenters. The Morgan fingerprint density at radius 2 is 2.07 bits per heavy atom. The summed E-state index contributed by atoms with van der Waals surface area (Å²) in [5, 5.41) is 4.08. The third kappa shape index (κ3) is 4.90. The fourth-order valence-corrected chi connectivity index (χ4v) is 5.53. The number of piperidine rings is 1. The van der Waals surface area contributed by atoms with E-state index in [4.69, 9.17) is 14.0 Å². The molecule has 2 saturated heterocycles. The van der Waals surface area contributed by atoms with Crippen LogP contribution in [-0.2, 0) is 33.0 Å². The summed E-state index contributed by atoms with van der Waals surface area (Å²) >= 11 is 0. The van der Waals surface area contributed by atoms with Crippen LogP contribution in [0.1, 0.15) is 49.9 Å². The van der Waals surface area contributed by atoms with E-state index in [2.05, 4.69) is 15.1 Å². The molecule has 4 heterocycles.